The van der Waals surface area contributed by atoms with E-state index in [1.165, 1.54) is 19.3 Å². The van der Waals surface area contributed by atoms with Crippen molar-refractivity contribution in [3.05, 3.63) is 35.5 Å². The Labute approximate surface area is 213 Å². The van der Waals surface area contributed by atoms with Gasteiger partial charge in [0, 0.05) is 38.4 Å². The highest BCUT2D eigenvalue weighted by Crippen LogP contribution is 2.22. The van der Waals surface area contributed by atoms with Gasteiger partial charge in [0.25, 0.3) is 0 Å². The van der Waals surface area contributed by atoms with Crippen LogP contribution in [0.25, 0.3) is 0 Å². The summed E-state index contributed by atoms with van der Waals surface area (Å²) in [7, 11) is 1.66. The van der Waals surface area contributed by atoms with E-state index in [9.17, 15) is 0 Å². The summed E-state index contributed by atoms with van der Waals surface area (Å²) < 4.78 is 13.2. The molecule has 0 amide bonds. The van der Waals surface area contributed by atoms with Gasteiger partial charge >= 0.3 is 0 Å². The van der Waals surface area contributed by atoms with Crippen molar-refractivity contribution in [1.82, 2.24) is 30.4 Å². The van der Waals surface area contributed by atoms with Crippen molar-refractivity contribution >= 4 is 29.9 Å². The number of nitrogens with one attached hydrogen (secondary N) is 2. The van der Waals surface area contributed by atoms with E-state index >= 15 is 0 Å². The van der Waals surface area contributed by atoms with Crippen molar-refractivity contribution in [3.8, 4) is 5.88 Å². The third-order valence-corrected chi connectivity index (χ3v) is 5.92. The number of aryl methyl sites for hydroxylation is 1. The Morgan fingerprint density at radius 3 is 2.88 bits per heavy atom. The van der Waals surface area contributed by atoms with E-state index in [-0.39, 0.29) is 30.0 Å². The molecule has 2 N–H and O–H groups in total. The molecule has 182 valence electrons. The van der Waals surface area contributed by atoms with Crippen LogP contribution >= 0.6 is 24.0 Å². The summed E-state index contributed by atoms with van der Waals surface area (Å²) in [4.78, 5) is 13.8. The van der Waals surface area contributed by atoms with E-state index in [4.69, 9.17) is 14.5 Å². The summed E-state index contributed by atoms with van der Waals surface area (Å²) in [6, 6.07) is 4.27. The zero-order valence-electron chi connectivity index (χ0n) is 19.6. The zero-order chi connectivity index (χ0) is 22.2. The van der Waals surface area contributed by atoms with Crippen LogP contribution in [0.5, 0.6) is 5.88 Å². The third kappa shape index (κ3) is 7.53. The molecule has 2 aromatic heterocycles. The Hall–Kier alpha value is -1.95. The fourth-order valence-electron chi connectivity index (χ4n) is 4.32. The number of hydrogen-bond acceptors (Lipinski definition) is 6. The Bertz CT molecular complexity index is 899. The van der Waals surface area contributed by atoms with Crippen LogP contribution in [0.4, 0.5) is 0 Å². The van der Waals surface area contributed by atoms with Crippen LogP contribution in [-0.2, 0) is 30.9 Å². The molecule has 2 aliphatic rings. The number of fused-ring (bicyclic) bond motifs is 1. The second kappa shape index (κ2) is 13.1. The zero-order valence-corrected chi connectivity index (χ0v) is 22.0. The minimum absolute atomic E-state index is 0. The number of ether oxygens (including phenoxy) is 2. The van der Waals surface area contributed by atoms with Gasteiger partial charge < -0.3 is 20.1 Å². The van der Waals surface area contributed by atoms with E-state index in [0.717, 1.165) is 61.9 Å². The maximum atomic E-state index is 6.11. The van der Waals surface area contributed by atoms with Gasteiger partial charge in [0.05, 0.1) is 13.1 Å². The molecule has 0 aromatic carbocycles. The van der Waals surface area contributed by atoms with E-state index in [1.54, 1.807) is 7.11 Å². The number of pyridine rings is 1. The summed E-state index contributed by atoms with van der Waals surface area (Å²) >= 11 is 0. The molecule has 0 bridgehead atoms. The quantitative estimate of drug-likeness (QED) is 0.286. The highest BCUT2D eigenvalue weighted by Gasteiger charge is 2.22. The SMILES string of the molecule is CCNC(=NCc1ccnc(OC2CCCCC2)c1)NC1CCc2nc(COC)nn2C1.I. The lowest BCUT2D eigenvalue weighted by Crippen LogP contribution is -2.47. The highest BCUT2D eigenvalue weighted by atomic mass is 127. The van der Waals surface area contributed by atoms with Gasteiger partial charge in [0.1, 0.15) is 18.5 Å². The molecule has 10 heteroatoms. The fourth-order valence-corrected chi connectivity index (χ4v) is 4.32. The highest BCUT2D eigenvalue weighted by molar-refractivity contribution is 14.0. The van der Waals surface area contributed by atoms with Gasteiger partial charge in [-0.25, -0.2) is 19.6 Å². The lowest BCUT2D eigenvalue weighted by molar-refractivity contribution is 0.148. The molecule has 1 aliphatic heterocycles. The molecule has 0 spiro atoms. The number of guanidine groups is 1. The first-order valence-electron chi connectivity index (χ1n) is 11.8. The largest absolute Gasteiger partial charge is 0.474 e. The molecule has 3 heterocycles. The van der Waals surface area contributed by atoms with E-state index in [1.807, 2.05) is 23.0 Å². The fraction of sp³-hybridized carbons (Fsp3) is 0.652. The predicted molar refractivity (Wildman–Crippen MR) is 138 cm³/mol. The standard InChI is InChI=1S/C23H35N7O2.HI/c1-3-24-23(27-18-9-10-21-28-20(16-31-2)29-30(21)15-18)26-14-17-11-12-25-22(13-17)32-19-7-5-4-6-8-19;/h11-13,18-19H,3-10,14-16H2,1-2H3,(H2,24,26,27);1H. The maximum absolute atomic E-state index is 6.11. The van der Waals surface area contributed by atoms with Crippen LogP contribution in [0.2, 0.25) is 0 Å². The van der Waals surface area contributed by atoms with Gasteiger partial charge in [0.15, 0.2) is 11.8 Å². The molecule has 1 aliphatic carbocycles. The first-order chi connectivity index (χ1) is 15.7. The third-order valence-electron chi connectivity index (χ3n) is 5.92. The molecule has 4 rings (SSSR count). The van der Waals surface area contributed by atoms with Gasteiger partial charge in [-0.1, -0.05) is 6.42 Å². The lowest BCUT2D eigenvalue weighted by Gasteiger charge is -2.25. The maximum Gasteiger partial charge on any atom is 0.213 e. The van der Waals surface area contributed by atoms with Crippen molar-refractivity contribution in [2.45, 2.75) is 83.7 Å². The van der Waals surface area contributed by atoms with E-state index in [2.05, 4.69) is 32.6 Å². The Balaban J connectivity index is 0.00000306. The molecular formula is C23H36IN7O2. The van der Waals surface area contributed by atoms with Gasteiger partial charge in [0.2, 0.25) is 5.88 Å². The molecule has 2 aromatic rings. The summed E-state index contributed by atoms with van der Waals surface area (Å²) in [5.74, 6) is 3.29. The average Bonchev–Trinajstić information content (AvgIpc) is 3.20. The van der Waals surface area contributed by atoms with Gasteiger partial charge in [-0.2, -0.15) is 5.10 Å². The molecule has 9 nitrogen and oxygen atoms in total. The van der Waals surface area contributed by atoms with Crippen molar-refractivity contribution in [3.63, 3.8) is 0 Å². The number of rotatable bonds is 8. The summed E-state index contributed by atoms with van der Waals surface area (Å²) in [6.07, 6.45) is 10.1. The minimum Gasteiger partial charge on any atom is -0.474 e. The smallest absolute Gasteiger partial charge is 0.213 e. The van der Waals surface area contributed by atoms with Crippen LogP contribution in [0.1, 0.15) is 62.7 Å². The molecule has 0 radical (unpaired) electrons. The first-order valence-corrected chi connectivity index (χ1v) is 11.8. The second-order valence-electron chi connectivity index (χ2n) is 8.51. The van der Waals surface area contributed by atoms with Crippen LogP contribution in [0, 0.1) is 0 Å². The molecule has 1 unspecified atom stereocenters. The Morgan fingerprint density at radius 1 is 1.24 bits per heavy atom. The van der Waals surface area contributed by atoms with Crippen LogP contribution in [0.15, 0.2) is 23.3 Å². The Morgan fingerprint density at radius 2 is 2.09 bits per heavy atom. The monoisotopic (exact) mass is 569 g/mol. The van der Waals surface area contributed by atoms with Crippen molar-refractivity contribution < 1.29 is 9.47 Å². The minimum atomic E-state index is 0. The number of aromatic nitrogens is 4. The molecule has 33 heavy (non-hydrogen) atoms. The second-order valence-corrected chi connectivity index (χ2v) is 8.51. The van der Waals surface area contributed by atoms with E-state index in [0.29, 0.717) is 25.1 Å². The van der Waals surface area contributed by atoms with Gasteiger partial charge in [-0.3, -0.25) is 0 Å². The normalized spacial score (nSPS) is 18.8. The summed E-state index contributed by atoms with van der Waals surface area (Å²) in [5, 5.41) is 11.5. The Kier molecular flexibility index (Phi) is 10.2. The molecule has 1 saturated carbocycles. The number of nitrogens with zero attached hydrogens (tertiary/aromatic N) is 5. The topological polar surface area (TPSA) is 98.5 Å². The van der Waals surface area contributed by atoms with E-state index < -0.39 is 0 Å². The average molecular weight is 569 g/mol. The summed E-state index contributed by atoms with van der Waals surface area (Å²) in [5.41, 5.74) is 1.09. The number of halogens is 1. The number of hydrogen-bond donors (Lipinski definition) is 2. The van der Waals surface area contributed by atoms with Crippen molar-refractivity contribution in [1.29, 1.82) is 0 Å². The molecule has 1 atom stereocenters. The van der Waals surface area contributed by atoms with Crippen molar-refractivity contribution in [2.24, 2.45) is 4.99 Å². The lowest BCUT2D eigenvalue weighted by atomic mass is 9.98. The first kappa shape index (κ1) is 25.7. The van der Waals surface area contributed by atoms with Crippen LogP contribution < -0.4 is 15.4 Å². The number of aliphatic imine (C=N–C) groups is 1. The molecule has 0 saturated heterocycles. The number of methoxy groups -OCH3 is 1. The summed E-state index contributed by atoms with van der Waals surface area (Å²) in [6.45, 7) is 4.66. The van der Waals surface area contributed by atoms with Crippen molar-refractivity contribution in [2.75, 3.05) is 13.7 Å². The molecule has 1 fully saturated rings. The van der Waals surface area contributed by atoms with Crippen LogP contribution in [0.3, 0.4) is 0 Å². The predicted octanol–water partition coefficient (Wildman–Crippen LogP) is 3.22. The van der Waals surface area contributed by atoms with Gasteiger partial charge in [-0.05, 0) is 50.7 Å². The van der Waals surface area contributed by atoms with Gasteiger partial charge in [-0.15, -0.1) is 24.0 Å². The van der Waals surface area contributed by atoms with Crippen LogP contribution in [-0.4, -0.2) is 51.5 Å². The molecular weight excluding hydrogens is 533 g/mol.